The van der Waals surface area contributed by atoms with Gasteiger partial charge in [0.25, 0.3) is 0 Å². The highest BCUT2D eigenvalue weighted by Gasteiger charge is 2.17. The molecule has 0 fully saturated rings. The van der Waals surface area contributed by atoms with Crippen LogP contribution in [0, 0.1) is 12.8 Å². The fraction of sp³-hybridized carbons (Fsp3) is 0.727. The molecule has 0 unspecified atom stereocenters. The first-order valence-corrected chi connectivity index (χ1v) is 5.44. The lowest BCUT2D eigenvalue weighted by Crippen LogP contribution is -2.25. The second-order valence-electron chi connectivity index (χ2n) is 4.48. The Kier molecular flexibility index (Phi) is 2.59. The van der Waals surface area contributed by atoms with Gasteiger partial charge in [-0.2, -0.15) is 0 Å². The number of nitrogens with one attached hydrogen (secondary N) is 1. The van der Waals surface area contributed by atoms with Gasteiger partial charge in [0.05, 0.1) is 5.69 Å². The molecule has 1 aliphatic heterocycles. The normalized spacial score (nSPS) is 16.0. The maximum Gasteiger partial charge on any atom is 0.106 e. The SMILES string of the molecule is Cc1nc2c(n1CC(C)C)CCNC2. The van der Waals surface area contributed by atoms with Gasteiger partial charge in [-0.15, -0.1) is 0 Å². The third kappa shape index (κ3) is 1.69. The lowest BCUT2D eigenvalue weighted by Gasteiger charge is -2.17. The monoisotopic (exact) mass is 193 g/mol. The van der Waals surface area contributed by atoms with Gasteiger partial charge in [-0.1, -0.05) is 13.8 Å². The Morgan fingerprint density at radius 1 is 1.50 bits per heavy atom. The molecule has 1 aromatic heterocycles. The molecule has 78 valence electrons. The van der Waals surface area contributed by atoms with Crippen LogP contribution < -0.4 is 5.32 Å². The zero-order chi connectivity index (χ0) is 10.1. The summed E-state index contributed by atoms with van der Waals surface area (Å²) in [5, 5.41) is 3.36. The minimum absolute atomic E-state index is 0.696. The highest BCUT2D eigenvalue weighted by molar-refractivity contribution is 5.19. The lowest BCUT2D eigenvalue weighted by atomic mass is 10.1. The molecule has 0 bridgehead atoms. The third-order valence-corrected chi connectivity index (χ3v) is 2.73. The number of rotatable bonds is 2. The molecule has 0 amide bonds. The zero-order valence-electron chi connectivity index (χ0n) is 9.30. The van der Waals surface area contributed by atoms with E-state index in [-0.39, 0.29) is 0 Å². The average molecular weight is 193 g/mol. The molecule has 0 radical (unpaired) electrons. The van der Waals surface area contributed by atoms with E-state index < -0.39 is 0 Å². The summed E-state index contributed by atoms with van der Waals surface area (Å²) < 4.78 is 2.39. The van der Waals surface area contributed by atoms with Crippen molar-refractivity contribution in [2.24, 2.45) is 5.92 Å². The Balaban J connectivity index is 2.33. The van der Waals surface area contributed by atoms with Gasteiger partial charge < -0.3 is 9.88 Å². The van der Waals surface area contributed by atoms with Gasteiger partial charge in [0, 0.05) is 31.7 Å². The Morgan fingerprint density at radius 2 is 2.29 bits per heavy atom. The molecule has 0 aromatic carbocycles. The lowest BCUT2D eigenvalue weighted by molar-refractivity contribution is 0.490. The van der Waals surface area contributed by atoms with Crippen molar-refractivity contribution < 1.29 is 0 Å². The van der Waals surface area contributed by atoms with Crippen molar-refractivity contribution >= 4 is 0 Å². The molecule has 0 spiro atoms. The zero-order valence-corrected chi connectivity index (χ0v) is 9.30. The van der Waals surface area contributed by atoms with E-state index in [1.165, 1.54) is 17.2 Å². The molecule has 3 nitrogen and oxygen atoms in total. The molecule has 2 heterocycles. The standard InChI is InChI=1S/C11H19N3/c1-8(2)7-14-9(3)13-10-6-12-5-4-11(10)14/h8,12H,4-7H2,1-3H3. The van der Waals surface area contributed by atoms with Gasteiger partial charge in [-0.25, -0.2) is 4.98 Å². The Bertz CT molecular complexity index is 326. The predicted molar refractivity (Wildman–Crippen MR) is 57.2 cm³/mol. The second-order valence-corrected chi connectivity index (χ2v) is 4.48. The van der Waals surface area contributed by atoms with Crippen LogP contribution in [0.15, 0.2) is 0 Å². The maximum atomic E-state index is 4.60. The number of imidazole rings is 1. The van der Waals surface area contributed by atoms with Gasteiger partial charge in [0.1, 0.15) is 5.82 Å². The van der Waals surface area contributed by atoms with E-state index in [9.17, 15) is 0 Å². The van der Waals surface area contributed by atoms with Crippen LogP contribution in [0.25, 0.3) is 0 Å². The molecule has 0 saturated carbocycles. The fourth-order valence-corrected chi connectivity index (χ4v) is 2.11. The summed E-state index contributed by atoms with van der Waals surface area (Å²) in [6.45, 7) is 9.77. The molecule has 14 heavy (non-hydrogen) atoms. The van der Waals surface area contributed by atoms with Crippen LogP contribution in [0.4, 0.5) is 0 Å². The minimum atomic E-state index is 0.696. The van der Waals surface area contributed by atoms with E-state index in [4.69, 9.17) is 0 Å². The van der Waals surface area contributed by atoms with Gasteiger partial charge in [0.2, 0.25) is 0 Å². The summed E-state index contributed by atoms with van der Waals surface area (Å²) >= 11 is 0. The molecule has 1 aromatic rings. The molecule has 0 saturated heterocycles. The molecular weight excluding hydrogens is 174 g/mol. The van der Waals surface area contributed by atoms with Gasteiger partial charge >= 0.3 is 0 Å². The minimum Gasteiger partial charge on any atom is -0.332 e. The molecule has 3 heteroatoms. The van der Waals surface area contributed by atoms with Crippen LogP contribution in [-0.2, 0) is 19.5 Å². The molecule has 1 aliphatic rings. The largest absolute Gasteiger partial charge is 0.332 e. The van der Waals surface area contributed by atoms with E-state index in [0.717, 1.165) is 26.1 Å². The number of aryl methyl sites for hydroxylation is 1. The van der Waals surface area contributed by atoms with Crippen molar-refractivity contribution in [3.8, 4) is 0 Å². The summed E-state index contributed by atoms with van der Waals surface area (Å²) in [5.74, 6) is 1.87. The molecular formula is C11H19N3. The summed E-state index contributed by atoms with van der Waals surface area (Å²) in [7, 11) is 0. The first kappa shape index (κ1) is 9.71. The highest BCUT2D eigenvalue weighted by atomic mass is 15.1. The number of nitrogens with zero attached hydrogens (tertiary/aromatic N) is 2. The van der Waals surface area contributed by atoms with Gasteiger partial charge in [-0.3, -0.25) is 0 Å². The molecule has 0 atom stereocenters. The van der Waals surface area contributed by atoms with Crippen molar-refractivity contribution in [3.63, 3.8) is 0 Å². The third-order valence-electron chi connectivity index (χ3n) is 2.73. The molecule has 1 N–H and O–H groups in total. The quantitative estimate of drug-likeness (QED) is 0.771. The number of hydrogen-bond donors (Lipinski definition) is 1. The van der Waals surface area contributed by atoms with E-state index >= 15 is 0 Å². The summed E-state index contributed by atoms with van der Waals surface area (Å²) in [6.07, 6.45) is 1.13. The first-order chi connectivity index (χ1) is 6.68. The Morgan fingerprint density at radius 3 is 3.00 bits per heavy atom. The summed E-state index contributed by atoms with van der Waals surface area (Å²) in [4.78, 5) is 4.60. The van der Waals surface area contributed by atoms with Crippen molar-refractivity contribution in [2.45, 2.75) is 40.3 Å². The van der Waals surface area contributed by atoms with E-state index in [1.807, 2.05) is 0 Å². The van der Waals surface area contributed by atoms with E-state index in [0.29, 0.717) is 5.92 Å². The number of aromatic nitrogens is 2. The van der Waals surface area contributed by atoms with Crippen LogP contribution in [0.3, 0.4) is 0 Å². The topological polar surface area (TPSA) is 29.9 Å². The van der Waals surface area contributed by atoms with Crippen LogP contribution >= 0.6 is 0 Å². The number of hydrogen-bond acceptors (Lipinski definition) is 2. The van der Waals surface area contributed by atoms with Crippen LogP contribution in [0.2, 0.25) is 0 Å². The maximum absolute atomic E-state index is 4.60. The number of fused-ring (bicyclic) bond motifs is 1. The molecule has 2 rings (SSSR count). The van der Waals surface area contributed by atoms with Gasteiger partial charge in [-0.05, 0) is 12.8 Å². The Hall–Kier alpha value is -0.830. The first-order valence-electron chi connectivity index (χ1n) is 5.44. The predicted octanol–water partition coefficient (Wildman–Crippen LogP) is 1.49. The average Bonchev–Trinajstić information content (AvgIpc) is 2.43. The van der Waals surface area contributed by atoms with Crippen molar-refractivity contribution in [3.05, 3.63) is 17.2 Å². The Labute approximate surface area is 85.5 Å². The van der Waals surface area contributed by atoms with Crippen LogP contribution in [-0.4, -0.2) is 16.1 Å². The van der Waals surface area contributed by atoms with E-state index in [1.54, 1.807) is 0 Å². The summed E-state index contributed by atoms with van der Waals surface area (Å²) in [5.41, 5.74) is 2.71. The van der Waals surface area contributed by atoms with Crippen molar-refractivity contribution in [2.75, 3.05) is 6.54 Å². The van der Waals surface area contributed by atoms with Crippen molar-refractivity contribution in [1.82, 2.24) is 14.9 Å². The second kappa shape index (κ2) is 3.73. The van der Waals surface area contributed by atoms with E-state index in [2.05, 4.69) is 35.6 Å². The highest BCUT2D eigenvalue weighted by Crippen LogP contribution is 2.17. The van der Waals surface area contributed by atoms with Crippen LogP contribution in [0.1, 0.15) is 31.1 Å². The summed E-state index contributed by atoms with van der Waals surface area (Å²) in [6, 6.07) is 0. The van der Waals surface area contributed by atoms with Gasteiger partial charge in [0.15, 0.2) is 0 Å². The fourth-order valence-electron chi connectivity index (χ4n) is 2.11. The van der Waals surface area contributed by atoms with Crippen molar-refractivity contribution in [1.29, 1.82) is 0 Å². The molecule has 0 aliphatic carbocycles. The van der Waals surface area contributed by atoms with Crippen LogP contribution in [0.5, 0.6) is 0 Å². The smallest absolute Gasteiger partial charge is 0.106 e.